The fourth-order valence-electron chi connectivity index (χ4n) is 3.24. The van der Waals surface area contributed by atoms with Gasteiger partial charge in [-0.05, 0) is 43.9 Å². The molecule has 2 N–H and O–H groups in total. The van der Waals surface area contributed by atoms with Crippen molar-refractivity contribution in [3.8, 4) is 0 Å². The summed E-state index contributed by atoms with van der Waals surface area (Å²) < 4.78 is 38.1. The highest BCUT2D eigenvalue weighted by atomic mass is 19.4. The van der Waals surface area contributed by atoms with Crippen molar-refractivity contribution >= 4 is 0 Å². The van der Waals surface area contributed by atoms with Gasteiger partial charge >= 0.3 is 6.18 Å². The van der Waals surface area contributed by atoms with Crippen LogP contribution in [-0.2, 0) is 0 Å². The second-order valence-electron chi connectivity index (χ2n) is 7.19. The molecule has 1 saturated carbocycles. The Morgan fingerprint density at radius 2 is 1.80 bits per heavy atom. The first-order valence-electron chi connectivity index (χ1n) is 7.51. The SMILES string of the molecule is CC(C)N(CC1CCC(N)C(C)C1(C)C)CC(F)(F)F. The molecule has 0 amide bonds. The summed E-state index contributed by atoms with van der Waals surface area (Å²) >= 11 is 0. The van der Waals surface area contributed by atoms with Crippen LogP contribution in [0.15, 0.2) is 0 Å². The number of alkyl halides is 3. The molecule has 1 rings (SSSR count). The maximum Gasteiger partial charge on any atom is 0.401 e. The molecule has 0 heterocycles. The van der Waals surface area contributed by atoms with Gasteiger partial charge in [0.25, 0.3) is 0 Å². The number of hydrogen-bond donors (Lipinski definition) is 1. The molecule has 3 atom stereocenters. The van der Waals surface area contributed by atoms with Gasteiger partial charge in [0.15, 0.2) is 0 Å². The van der Waals surface area contributed by atoms with Crippen molar-refractivity contribution in [1.82, 2.24) is 4.90 Å². The van der Waals surface area contributed by atoms with Crippen LogP contribution in [0, 0.1) is 17.3 Å². The molecule has 1 fully saturated rings. The van der Waals surface area contributed by atoms with Crippen LogP contribution < -0.4 is 5.73 Å². The van der Waals surface area contributed by atoms with Gasteiger partial charge in [-0.15, -0.1) is 0 Å². The van der Waals surface area contributed by atoms with Gasteiger partial charge < -0.3 is 5.73 Å². The second-order valence-corrected chi connectivity index (χ2v) is 7.19. The Hall–Kier alpha value is -0.290. The molecular weight excluding hydrogens is 265 g/mol. The summed E-state index contributed by atoms with van der Waals surface area (Å²) in [5.41, 5.74) is 6.10. The summed E-state index contributed by atoms with van der Waals surface area (Å²) in [7, 11) is 0. The molecule has 1 aliphatic rings. The first-order chi connectivity index (χ1) is 8.95. The largest absolute Gasteiger partial charge is 0.401 e. The third-order valence-electron chi connectivity index (χ3n) is 5.28. The average molecular weight is 294 g/mol. The smallest absolute Gasteiger partial charge is 0.327 e. The molecule has 0 spiro atoms. The van der Waals surface area contributed by atoms with Crippen LogP contribution in [0.4, 0.5) is 13.2 Å². The van der Waals surface area contributed by atoms with E-state index in [0.717, 1.165) is 12.8 Å². The molecule has 0 radical (unpaired) electrons. The van der Waals surface area contributed by atoms with Crippen LogP contribution in [0.5, 0.6) is 0 Å². The molecule has 5 heteroatoms. The standard InChI is InChI=1S/C15H29F3N2/c1-10(2)20(9-15(16,17)18)8-12-6-7-13(19)11(3)14(12,4)5/h10-13H,6-9,19H2,1-5H3. The molecule has 120 valence electrons. The minimum Gasteiger partial charge on any atom is -0.327 e. The lowest BCUT2D eigenvalue weighted by Crippen LogP contribution is -2.52. The van der Waals surface area contributed by atoms with Crippen LogP contribution in [-0.4, -0.2) is 36.2 Å². The van der Waals surface area contributed by atoms with Crippen LogP contribution in [0.1, 0.15) is 47.5 Å². The highest BCUT2D eigenvalue weighted by Crippen LogP contribution is 2.44. The predicted octanol–water partition coefficient (Wildman–Crippen LogP) is 3.66. The molecular formula is C15H29F3N2. The van der Waals surface area contributed by atoms with E-state index in [1.807, 2.05) is 13.8 Å². The normalized spacial score (nSPS) is 31.1. The van der Waals surface area contributed by atoms with Gasteiger partial charge in [0.1, 0.15) is 0 Å². The van der Waals surface area contributed by atoms with Gasteiger partial charge in [0.05, 0.1) is 6.54 Å². The van der Waals surface area contributed by atoms with E-state index in [1.165, 1.54) is 0 Å². The number of rotatable bonds is 4. The highest BCUT2D eigenvalue weighted by molar-refractivity contribution is 4.94. The Bertz CT molecular complexity index is 313. The molecule has 0 aliphatic heterocycles. The lowest BCUT2D eigenvalue weighted by Gasteiger charge is -2.49. The van der Waals surface area contributed by atoms with Crippen molar-refractivity contribution in [2.24, 2.45) is 23.0 Å². The summed E-state index contributed by atoms with van der Waals surface area (Å²) in [6.07, 6.45) is -2.31. The molecule has 0 saturated heterocycles. The van der Waals surface area contributed by atoms with Gasteiger partial charge in [-0.1, -0.05) is 20.8 Å². The fourth-order valence-corrected chi connectivity index (χ4v) is 3.24. The van der Waals surface area contributed by atoms with Crippen LogP contribution >= 0.6 is 0 Å². The summed E-state index contributed by atoms with van der Waals surface area (Å²) in [6.45, 7) is 9.76. The second kappa shape index (κ2) is 6.22. The first kappa shape index (κ1) is 17.8. The molecule has 1 aliphatic carbocycles. The van der Waals surface area contributed by atoms with E-state index in [9.17, 15) is 13.2 Å². The summed E-state index contributed by atoms with van der Waals surface area (Å²) in [5.74, 6) is 0.600. The Balaban J connectivity index is 2.78. The zero-order valence-electron chi connectivity index (χ0n) is 13.3. The summed E-state index contributed by atoms with van der Waals surface area (Å²) in [4.78, 5) is 1.55. The van der Waals surface area contributed by atoms with Gasteiger partial charge in [0.2, 0.25) is 0 Å². The number of nitrogens with two attached hydrogens (primary N) is 1. The van der Waals surface area contributed by atoms with E-state index < -0.39 is 12.7 Å². The molecule has 2 nitrogen and oxygen atoms in total. The quantitative estimate of drug-likeness (QED) is 0.857. The molecule has 3 unspecified atom stereocenters. The fraction of sp³-hybridized carbons (Fsp3) is 1.00. The van der Waals surface area contributed by atoms with Gasteiger partial charge in [-0.2, -0.15) is 13.2 Å². The van der Waals surface area contributed by atoms with E-state index in [4.69, 9.17) is 5.73 Å². The zero-order chi connectivity index (χ0) is 15.7. The van der Waals surface area contributed by atoms with E-state index >= 15 is 0 Å². The third-order valence-corrected chi connectivity index (χ3v) is 5.28. The van der Waals surface area contributed by atoms with E-state index in [1.54, 1.807) is 4.90 Å². The van der Waals surface area contributed by atoms with Crippen molar-refractivity contribution < 1.29 is 13.2 Å². The van der Waals surface area contributed by atoms with Crippen LogP contribution in [0.25, 0.3) is 0 Å². The van der Waals surface area contributed by atoms with Crippen LogP contribution in [0.3, 0.4) is 0 Å². The molecule has 20 heavy (non-hydrogen) atoms. The maximum absolute atomic E-state index is 12.7. The predicted molar refractivity (Wildman–Crippen MR) is 76.4 cm³/mol. The van der Waals surface area contributed by atoms with E-state index in [2.05, 4.69) is 20.8 Å². The lowest BCUT2D eigenvalue weighted by molar-refractivity contribution is -0.153. The Labute approximate surface area is 120 Å². The maximum atomic E-state index is 12.7. The highest BCUT2D eigenvalue weighted by Gasteiger charge is 2.43. The van der Waals surface area contributed by atoms with Crippen molar-refractivity contribution in [2.45, 2.75) is 65.7 Å². The Kier molecular flexibility index (Phi) is 5.53. The van der Waals surface area contributed by atoms with Crippen molar-refractivity contribution in [2.75, 3.05) is 13.1 Å². The summed E-state index contributed by atoms with van der Waals surface area (Å²) in [5, 5.41) is 0. The van der Waals surface area contributed by atoms with Crippen molar-refractivity contribution in [3.05, 3.63) is 0 Å². The Morgan fingerprint density at radius 3 is 2.25 bits per heavy atom. The molecule has 0 bridgehead atoms. The van der Waals surface area contributed by atoms with Gasteiger partial charge in [0, 0.05) is 18.6 Å². The average Bonchev–Trinajstić information content (AvgIpc) is 2.27. The molecule has 0 aromatic heterocycles. The summed E-state index contributed by atoms with van der Waals surface area (Å²) in [6, 6.07) is 0.0645. The topological polar surface area (TPSA) is 29.3 Å². The zero-order valence-corrected chi connectivity index (χ0v) is 13.3. The Morgan fingerprint density at radius 1 is 1.25 bits per heavy atom. The number of nitrogens with zero attached hydrogens (tertiary/aromatic N) is 1. The van der Waals surface area contributed by atoms with E-state index in [0.29, 0.717) is 12.5 Å². The minimum atomic E-state index is -4.13. The van der Waals surface area contributed by atoms with Crippen molar-refractivity contribution in [3.63, 3.8) is 0 Å². The van der Waals surface area contributed by atoms with Gasteiger partial charge in [-0.25, -0.2) is 0 Å². The van der Waals surface area contributed by atoms with E-state index in [-0.39, 0.29) is 23.4 Å². The third kappa shape index (κ3) is 4.35. The number of halogens is 3. The van der Waals surface area contributed by atoms with Crippen LogP contribution in [0.2, 0.25) is 0 Å². The minimum absolute atomic E-state index is 0.0175. The number of hydrogen-bond acceptors (Lipinski definition) is 2. The molecule has 0 aromatic rings. The monoisotopic (exact) mass is 294 g/mol. The molecule has 0 aromatic carbocycles. The van der Waals surface area contributed by atoms with Gasteiger partial charge in [-0.3, -0.25) is 4.90 Å². The lowest BCUT2D eigenvalue weighted by atomic mass is 9.61. The first-order valence-corrected chi connectivity index (χ1v) is 7.51. The van der Waals surface area contributed by atoms with Crippen molar-refractivity contribution in [1.29, 1.82) is 0 Å².